The van der Waals surface area contributed by atoms with Gasteiger partial charge in [-0.05, 0) is 35.9 Å². The number of benzene rings is 2. The number of ether oxygens (including phenoxy) is 2. The number of hydrazone groups is 1. The molecule has 0 radical (unpaired) electrons. The Morgan fingerprint density at radius 1 is 1.16 bits per heavy atom. The van der Waals surface area contributed by atoms with Gasteiger partial charge in [0.15, 0.2) is 11.5 Å². The largest absolute Gasteiger partial charge is 0.504 e. The van der Waals surface area contributed by atoms with Crippen molar-refractivity contribution >= 4 is 22.7 Å². The van der Waals surface area contributed by atoms with Crippen molar-refractivity contribution in [1.29, 1.82) is 0 Å². The average molecular weight is 355 g/mol. The van der Waals surface area contributed by atoms with Crippen LogP contribution >= 0.6 is 11.3 Å². The first-order valence-corrected chi connectivity index (χ1v) is 8.33. The summed E-state index contributed by atoms with van der Waals surface area (Å²) in [7, 11) is 3.14. The molecule has 1 aromatic heterocycles. The van der Waals surface area contributed by atoms with Crippen LogP contribution in [0.1, 0.15) is 5.56 Å². The first-order chi connectivity index (χ1) is 12.2. The minimum atomic E-state index is 0.0930. The molecule has 0 bridgehead atoms. The van der Waals surface area contributed by atoms with Crippen LogP contribution in [-0.2, 0) is 0 Å². The summed E-state index contributed by atoms with van der Waals surface area (Å²) in [6.45, 7) is 0. The molecule has 2 aromatic carbocycles. The summed E-state index contributed by atoms with van der Waals surface area (Å²) in [6, 6.07) is 12.7. The second-order valence-corrected chi connectivity index (χ2v) is 5.93. The molecular weight excluding hydrogens is 338 g/mol. The first-order valence-electron chi connectivity index (χ1n) is 7.45. The quantitative estimate of drug-likeness (QED) is 0.517. The molecule has 0 atom stereocenters. The molecule has 1 heterocycles. The summed E-state index contributed by atoms with van der Waals surface area (Å²) in [5, 5.41) is 16.4. The van der Waals surface area contributed by atoms with Crippen molar-refractivity contribution in [2.45, 2.75) is 0 Å². The van der Waals surface area contributed by atoms with E-state index in [4.69, 9.17) is 9.47 Å². The number of methoxy groups -OCH3 is 2. The van der Waals surface area contributed by atoms with E-state index < -0.39 is 0 Å². The normalized spacial score (nSPS) is 10.8. The maximum Gasteiger partial charge on any atom is 0.203 e. The lowest BCUT2D eigenvalue weighted by Gasteiger charge is -2.03. The number of anilines is 1. The van der Waals surface area contributed by atoms with Gasteiger partial charge in [-0.3, -0.25) is 5.43 Å². The second-order valence-electron chi connectivity index (χ2n) is 5.07. The fourth-order valence-electron chi connectivity index (χ4n) is 2.18. The van der Waals surface area contributed by atoms with E-state index in [2.05, 4.69) is 15.5 Å². The number of rotatable bonds is 6. The lowest BCUT2D eigenvalue weighted by Crippen LogP contribution is -1.91. The number of aromatic hydroxyl groups is 1. The van der Waals surface area contributed by atoms with Crippen molar-refractivity contribution in [3.05, 3.63) is 53.4 Å². The standard InChI is InChI=1S/C18H17N3O3S/c1-23-14-5-3-4-13(9-14)15-11-25-18(20-15)21-19-10-12-6-7-16(22)17(8-12)24-2/h3-11,22H,1-2H3,(H,20,21)/b19-10-. The highest BCUT2D eigenvalue weighted by Crippen LogP contribution is 2.28. The van der Waals surface area contributed by atoms with Crippen LogP contribution in [-0.4, -0.2) is 30.5 Å². The summed E-state index contributed by atoms with van der Waals surface area (Å²) in [6.07, 6.45) is 1.63. The lowest BCUT2D eigenvalue weighted by molar-refractivity contribution is 0.373. The highest BCUT2D eigenvalue weighted by Gasteiger charge is 2.05. The number of hydrogen-bond donors (Lipinski definition) is 2. The molecule has 6 nitrogen and oxygen atoms in total. The Labute approximate surface area is 149 Å². The number of nitrogens with zero attached hydrogens (tertiary/aromatic N) is 2. The maximum atomic E-state index is 9.58. The molecule has 7 heteroatoms. The van der Waals surface area contributed by atoms with E-state index in [1.807, 2.05) is 29.6 Å². The smallest absolute Gasteiger partial charge is 0.203 e. The fraction of sp³-hybridized carbons (Fsp3) is 0.111. The highest BCUT2D eigenvalue weighted by atomic mass is 32.1. The first kappa shape index (κ1) is 16.8. The molecular formula is C18H17N3O3S. The van der Waals surface area contributed by atoms with Gasteiger partial charge in [-0.1, -0.05) is 12.1 Å². The molecule has 0 aliphatic rings. The third-order valence-corrected chi connectivity index (χ3v) is 4.19. The van der Waals surface area contributed by atoms with E-state index in [1.54, 1.807) is 31.5 Å². The Hall–Kier alpha value is -3.06. The van der Waals surface area contributed by atoms with Crippen molar-refractivity contribution < 1.29 is 14.6 Å². The molecule has 2 N–H and O–H groups in total. The van der Waals surface area contributed by atoms with Crippen LogP contribution in [0.5, 0.6) is 17.2 Å². The van der Waals surface area contributed by atoms with Gasteiger partial charge < -0.3 is 14.6 Å². The highest BCUT2D eigenvalue weighted by molar-refractivity contribution is 7.14. The van der Waals surface area contributed by atoms with Crippen molar-refractivity contribution in [1.82, 2.24) is 4.98 Å². The molecule has 0 fully saturated rings. The van der Waals surface area contributed by atoms with Crippen molar-refractivity contribution in [3.8, 4) is 28.5 Å². The summed E-state index contributed by atoms with van der Waals surface area (Å²) in [4.78, 5) is 4.51. The van der Waals surface area contributed by atoms with Crippen molar-refractivity contribution in [2.24, 2.45) is 5.10 Å². The number of thiazole rings is 1. The van der Waals surface area contributed by atoms with Crippen LogP contribution < -0.4 is 14.9 Å². The van der Waals surface area contributed by atoms with E-state index in [0.29, 0.717) is 10.9 Å². The van der Waals surface area contributed by atoms with Gasteiger partial charge in [0.05, 0.1) is 26.1 Å². The Morgan fingerprint density at radius 3 is 2.84 bits per heavy atom. The predicted octanol–water partition coefficient (Wildman–Crippen LogP) is 3.98. The Bertz CT molecular complexity index is 893. The summed E-state index contributed by atoms with van der Waals surface area (Å²) in [5.74, 6) is 1.29. The van der Waals surface area contributed by atoms with Crippen molar-refractivity contribution in [2.75, 3.05) is 19.6 Å². The molecule has 0 amide bonds. The van der Waals surface area contributed by atoms with Crippen LogP contribution in [0.15, 0.2) is 52.9 Å². The van der Waals surface area contributed by atoms with Crippen LogP contribution in [0, 0.1) is 0 Å². The number of phenolic OH excluding ortho intramolecular Hbond substituents is 1. The zero-order valence-corrected chi connectivity index (χ0v) is 14.6. The number of aromatic nitrogens is 1. The Balaban J connectivity index is 1.69. The van der Waals surface area contributed by atoms with E-state index in [9.17, 15) is 5.11 Å². The van der Waals surface area contributed by atoms with Gasteiger partial charge in [0.1, 0.15) is 5.75 Å². The zero-order valence-electron chi connectivity index (χ0n) is 13.8. The van der Waals surface area contributed by atoms with Crippen molar-refractivity contribution in [3.63, 3.8) is 0 Å². The van der Waals surface area contributed by atoms with E-state index in [0.717, 1.165) is 22.6 Å². The average Bonchev–Trinajstić information content (AvgIpc) is 3.12. The number of phenols is 1. The minimum Gasteiger partial charge on any atom is -0.504 e. The third kappa shape index (κ3) is 4.07. The van der Waals surface area contributed by atoms with Gasteiger partial charge >= 0.3 is 0 Å². The van der Waals surface area contributed by atoms with Gasteiger partial charge in [0, 0.05) is 10.9 Å². The number of nitrogens with one attached hydrogen (secondary N) is 1. The topological polar surface area (TPSA) is 76.0 Å². The van der Waals surface area contributed by atoms with Gasteiger partial charge in [0.2, 0.25) is 5.13 Å². The number of hydrogen-bond acceptors (Lipinski definition) is 7. The zero-order chi connectivity index (χ0) is 17.6. The van der Waals surface area contributed by atoms with Gasteiger partial charge in [0.25, 0.3) is 0 Å². The summed E-state index contributed by atoms with van der Waals surface area (Å²) in [5.41, 5.74) is 5.54. The van der Waals surface area contributed by atoms with E-state index >= 15 is 0 Å². The Morgan fingerprint density at radius 2 is 2.04 bits per heavy atom. The molecule has 0 spiro atoms. The van der Waals surface area contributed by atoms with Gasteiger partial charge in [-0.25, -0.2) is 4.98 Å². The van der Waals surface area contributed by atoms with E-state index in [-0.39, 0.29) is 5.75 Å². The maximum absolute atomic E-state index is 9.58. The molecule has 3 aromatic rings. The fourth-order valence-corrected chi connectivity index (χ4v) is 2.85. The lowest BCUT2D eigenvalue weighted by atomic mass is 10.2. The monoisotopic (exact) mass is 355 g/mol. The Kier molecular flexibility index (Phi) is 5.15. The third-order valence-electron chi connectivity index (χ3n) is 3.45. The summed E-state index contributed by atoms with van der Waals surface area (Å²) >= 11 is 1.46. The molecule has 0 unspecified atom stereocenters. The second kappa shape index (κ2) is 7.67. The molecule has 0 saturated carbocycles. The van der Waals surface area contributed by atoms with E-state index in [1.165, 1.54) is 18.4 Å². The molecule has 128 valence electrons. The van der Waals surface area contributed by atoms with Crippen LogP contribution in [0.2, 0.25) is 0 Å². The predicted molar refractivity (Wildman–Crippen MR) is 100.0 cm³/mol. The van der Waals surface area contributed by atoms with Gasteiger partial charge in [-0.2, -0.15) is 5.10 Å². The SMILES string of the molecule is COc1cccc(-c2csc(N/N=C\c3ccc(O)c(OC)c3)n2)c1. The molecule has 0 aliphatic carbocycles. The molecule has 25 heavy (non-hydrogen) atoms. The van der Waals surface area contributed by atoms with Crippen LogP contribution in [0.3, 0.4) is 0 Å². The minimum absolute atomic E-state index is 0.0930. The molecule has 0 aliphatic heterocycles. The molecule has 3 rings (SSSR count). The van der Waals surface area contributed by atoms with Crippen LogP contribution in [0.4, 0.5) is 5.13 Å². The van der Waals surface area contributed by atoms with Gasteiger partial charge in [-0.15, -0.1) is 11.3 Å². The molecule has 0 saturated heterocycles. The van der Waals surface area contributed by atoms with Crippen LogP contribution in [0.25, 0.3) is 11.3 Å². The summed E-state index contributed by atoms with van der Waals surface area (Å²) < 4.78 is 10.3.